The van der Waals surface area contributed by atoms with E-state index < -0.39 is 23.1 Å². The zero-order valence-corrected chi connectivity index (χ0v) is 6.38. The van der Waals surface area contributed by atoms with Crippen LogP contribution in [0.1, 0.15) is 10.4 Å². The molecule has 1 aromatic carbocycles. The van der Waals surface area contributed by atoms with Crippen molar-refractivity contribution in [2.75, 3.05) is 0 Å². The van der Waals surface area contributed by atoms with Crippen LogP contribution >= 0.6 is 0 Å². The molecule has 0 radical (unpaired) electrons. The lowest BCUT2D eigenvalue weighted by molar-refractivity contribution is -0.108. The molecular weight excluding hydrogens is 180 g/mol. The molecule has 68 valence electrons. The summed E-state index contributed by atoms with van der Waals surface area (Å²) in [6.45, 7) is 0. The summed E-state index contributed by atoms with van der Waals surface area (Å²) < 4.78 is 25.6. The van der Waals surface area contributed by atoms with Crippen molar-refractivity contribution in [3.8, 4) is 0 Å². The highest BCUT2D eigenvalue weighted by atomic mass is 19.1. The van der Waals surface area contributed by atoms with Crippen LogP contribution in [0, 0.1) is 11.6 Å². The summed E-state index contributed by atoms with van der Waals surface area (Å²) >= 11 is 0. The molecular formula is C8H5F2NO2. The SMILES string of the molecule is O=CNC(=O)c1c(F)cccc1F. The summed E-state index contributed by atoms with van der Waals surface area (Å²) in [7, 11) is 0. The topological polar surface area (TPSA) is 46.2 Å². The van der Waals surface area contributed by atoms with Crippen LogP contribution in [-0.2, 0) is 4.79 Å². The second-order valence-corrected chi connectivity index (χ2v) is 2.19. The molecule has 0 aromatic heterocycles. The van der Waals surface area contributed by atoms with E-state index in [4.69, 9.17) is 0 Å². The van der Waals surface area contributed by atoms with Gasteiger partial charge in [0.1, 0.15) is 17.2 Å². The van der Waals surface area contributed by atoms with Gasteiger partial charge in [-0.15, -0.1) is 0 Å². The smallest absolute Gasteiger partial charge is 0.263 e. The van der Waals surface area contributed by atoms with Crippen LogP contribution in [0.5, 0.6) is 0 Å². The van der Waals surface area contributed by atoms with E-state index in [2.05, 4.69) is 0 Å². The molecule has 3 nitrogen and oxygen atoms in total. The van der Waals surface area contributed by atoms with Crippen LogP contribution in [-0.4, -0.2) is 12.3 Å². The summed E-state index contributed by atoms with van der Waals surface area (Å²) in [4.78, 5) is 20.7. The third-order valence-electron chi connectivity index (χ3n) is 1.38. The lowest BCUT2D eigenvalue weighted by Gasteiger charge is -2.00. The maximum atomic E-state index is 12.8. The summed E-state index contributed by atoms with van der Waals surface area (Å²) in [6, 6.07) is 2.99. The van der Waals surface area contributed by atoms with Crippen LogP contribution in [0.15, 0.2) is 18.2 Å². The molecule has 0 aliphatic rings. The van der Waals surface area contributed by atoms with E-state index >= 15 is 0 Å². The number of halogens is 2. The monoisotopic (exact) mass is 185 g/mol. The molecule has 1 aromatic rings. The molecule has 0 spiro atoms. The Hall–Kier alpha value is -1.78. The minimum absolute atomic E-state index is 0.0637. The molecule has 0 fully saturated rings. The summed E-state index contributed by atoms with van der Waals surface area (Å²) in [5, 5.41) is 1.64. The van der Waals surface area contributed by atoms with E-state index in [1.807, 2.05) is 0 Å². The van der Waals surface area contributed by atoms with Gasteiger partial charge in [-0.3, -0.25) is 14.9 Å². The Bertz CT molecular complexity index is 332. The van der Waals surface area contributed by atoms with E-state index in [9.17, 15) is 18.4 Å². The minimum atomic E-state index is -1.09. The third-order valence-corrected chi connectivity index (χ3v) is 1.38. The number of rotatable bonds is 2. The number of imide groups is 1. The number of nitrogens with one attached hydrogen (secondary N) is 1. The van der Waals surface area contributed by atoms with Crippen molar-refractivity contribution >= 4 is 12.3 Å². The zero-order valence-electron chi connectivity index (χ0n) is 6.38. The fraction of sp³-hybridized carbons (Fsp3) is 0. The molecule has 2 amide bonds. The van der Waals surface area contributed by atoms with Crippen LogP contribution in [0.4, 0.5) is 8.78 Å². The molecule has 1 rings (SSSR count). The van der Waals surface area contributed by atoms with Crippen molar-refractivity contribution in [3.05, 3.63) is 35.4 Å². The Kier molecular flexibility index (Phi) is 2.69. The molecule has 0 aliphatic heterocycles. The predicted molar refractivity (Wildman–Crippen MR) is 39.9 cm³/mol. The molecule has 0 bridgehead atoms. The predicted octanol–water partition coefficient (Wildman–Crippen LogP) is 0.851. The van der Waals surface area contributed by atoms with Crippen molar-refractivity contribution in [1.82, 2.24) is 5.32 Å². The third kappa shape index (κ3) is 1.87. The summed E-state index contributed by atoms with van der Waals surface area (Å²) in [6.07, 6.45) is 0.0637. The highest BCUT2D eigenvalue weighted by molar-refractivity contribution is 6.00. The van der Waals surface area contributed by atoms with E-state index in [1.165, 1.54) is 0 Å². The number of carbonyl (C=O) groups excluding carboxylic acids is 2. The number of benzene rings is 1. The van der Waals surface area contributed by atoms with Crippen LogP contribution in [0.2, 0.25) is 0 Å². The maximum Gasteiger partial charge on any atom is 0.263 e. The highest BCUT2D eigenvalue weighted by Gasteiger charge is 2.15. The van der Waals surface area contributed by atoms with Crippen LogP contribution in [0.3, 0.4) is 0 Å². The first-order valence-electron chi connectivity index (χ1n) is 3.35. The van der Waals surface area contributed by atoms with Gasteiger partial charge in [-0.25, -0.2) is 8.78 Å². The van der Waals surface area contributed by atoms with Crippen molar-refractivity contribution in [2.45, 2.75) is 0 Å². The van der Waals surface area contributed by atoms with Gasteiger partial charge in [0.25, 0.3) is 5.91 Å². The average molecular weight is 185 g/mol. The Morgan fingerprint density at radius 1 is 1.31 bits per heavy atom. The van der Waals surface area contributed by atoms with Gasteiger partial charge in [0.15, 0.2) is 0 Å². The van der Waals surface area contributed by atoms with Gasteiger partial charge < -0.3 is 0 Å². The fourth-order valence-electron chi connectivity index (χ4n) is 0.840. The van der Waals surface area contributed by atoms with E-state index in [-0.39, 0.29) is 6.41 Å². The first-order chi connectivity index (χ1) is 6.16. The van der Waals surface area contributed by atoms with Gasteiger partial charge in [0.2, 0.25) is 6.41 Å². The standard InChI is InChI=1S/C8H5F2NO2/c9-5-2-1-3-6(10)7(5)8(13)11-4-12/h1-4H,(H,11,12,13). The summed E-state index contributed by atoms with van der Waals surface area (Å²) in [5.41, 5.74) is -0.755. The first-order valence-corrected chi connectivity index (χ1v) is 3.35. The van der Waals surface area contributed by atoms with Gasteiger partial charge >= 0.3 is 0 Å². The minimum Gasteiger partial charge on any atom is -0.295 e. The molecule has 0 saturated carbocycles. The maximum absolute atomic E-state index is 12.8. The molecule has 13 heavy (non-hydrogen) atoms. The zero-order chi connectivity index (χ0) is 9.84. The Labute approximate surface area is 72.4 Å². The van der Waals surface area contributed by atoms with E-state index in [0.29, 0.717) is 0 Å². The fourth-order valence-corrected chi connectivity index (χ4v) is 0.840. The van der Waals surface area contributed by atoms with E-state index in [1.54, 1.807) is 5.32 Å². The molecule has 0 saturated heterocycles. The molecule has 1 N–H and O–H groups in total. The summed E-state index contributed by atoms with van der Waals surface area (Å²) in [5.74, 6) is -3.09. The van der Waals surface area contributed by atoms with Crippen LogP contribution < -0.4 is 5.32 Å². The molecule has 0 unspecified atom stereocenters. The number of amides is 2. The highest BCUT2D eigenvalue weighted by Crippen LogP contribution is 2.11. The van der Waals surface area contributed by atoms with Crippen molar-refractivity contribution in [2.24, 2.45) is 0 Å². The number of carbonyl (C=O) groups is 2. The largest absolute Gasteiger partial charge is 0.295 e. The van der Waals surface area contributed by atoms with Gasteiger partial charge in [-0.1, -0.05) is 6.07 Å². The average Bonchev–Trinajstić information content (AvgIpc) is 2.04. The lowest BCUT2D eigenvalue weighted by Crippen LogP contribution is -2.23. The second-order valence-electron chi connectivity index (χ2n) is 2.19. The first kappa shape index (κ1) is 9.31. The number of hydrogen-bond donors (Lipinski definition) is 1. The van der Waals surface area contributed by atoms with Crippen molar-refractivity contribution in [3.63, 3.8) is 0 Å². The molecule has 0 heterocycles. The van der Waals surface area contributed by atoms with Gasteiger partial charge in [-0.2, -0.15) is 0 Å². The molecule has 0 atom stereocenters. The number of hydrogen-bond acceptors (Lipinski definition) is 2. The van der Waals surface area contributed by atoms with E-state index in [0.717, 1.165) is 18.2 Å². The lowest BCUT2D eigenvalue weighted by atomic mass is 10.2. The normalized spacial score (nSPS) is 9.38. The van der Waals surface area contributed by atoms with Crippen molar-refractivity contribution in [1.29, 1.82) is 0 Å². The van der Waals surface area contributed by atoms with Gasteiger partial charge in [-0.05, 0) is 12.1 Å². The Morgan fingerprint density at radius 2 is 1.85 bits per heavy atom. The van der Waals surface area contributed by atoms with Gasteiger partial charge in [0.05, 0.1) is 0 Å². The second kappa shape index (κ2) is 3.75. The molecule has 0 aliphatic carbocycles. The molecule has 5 heteroatoms. The Morgan fingerprint density at radius 3 is 2.31 bits per heavy atom. The van der Waals surface area contributed by atoms with Crippen LogP contribution in [0.25, 0.3) is 0 Å². The van der Waals surface area contributed by atoms with Crippen molar-refractivity contribution < 1.29 is 18.4 Å². The quantitative estimate of drug-likeness (QED) is 0.694. The van der Waals surface area contributed by atoms with Gasteiger partial charge in [0, 0.05) is 0 Å². The Balaban J connectivity index is 3.12.